The van der Waals surface area contributed by atoms with Crippen LogP contribution in [0.15, 0.2) is 24.3 Å². The maximum atomic E-state index is 12.1. The third kappa shape index (κ3) is 2.70. The lowest BCUT2D eigenvalue weighted by Crippen LogP contribution is -2.40. The minimum atomic E-state index is -0.204. The molecule has 100 valence electrons. The van der Waals surface area contributed by atoms with Gasteiger partial charge in [-0.25, -0.2) is 0 Å². The van der Waals surface area contributed by atoms with E-state index in [4.69, 9.17) is 0 Å². The second-order valence-electron chi connectivity index (χ2n) is 5.08. The Balaban J connectivity index is 1.54. The molecule has 1 aromatic carbocycles. The summed E-state index contributed by atoms with van der Waals surface area (Å²) in [4.78, 5) is 23.6. The van der Waals surface area contributed by atoms with Crippen molar-refractivity contribution in [1.29, 1.82) is 0 Å². The van der Waals surface area contributed by atoms with Crippen molar-refractivity contribution in [2.24, 2.45) is 0 Å². The number of anilines is 1. The van der Waals surface area contributed by atoms with Crippen molar-refractivity contribution in [3.8, 4) is 0 Å². The predicted octanol–water partition coefficient (Wildman–Crippen LogP) is 0.590. The molecule has 1 aromatic rings. The number of carbonyl (C=O) groups is 2. The summed E-state index contributed by atoms with van der Waals surface area (Å²) in [6.45, 7) is 0.656. The number of amides is 2. The Kier molecular flexibility index (Phi) is 3.11. The topological polar surface area (TPSA) is 70.2 Å². The minimum absolute atomic E-state index is 0.0635. The zero-order chi connectivity index (χ0) is 13.2. The third-order valence-corrected chi connectivity index (χ3v) is 3.51. The molecule has 1 saturated carbocycles. The van der Waals surface area contributed by atoms with Crippen LogP contribution in [0.25, 0.3) is 0 Å². The van der Waals surface area contributed by atoms with Crippen LogP contribution in [0.5, 0.6) is 0 Å². The largest absolute Gasteiger partial charge is 0.384 e. The molecular formula is C14H17N3O2. The van der Waals surface area contributed by atoms with E-state index in [2.05, 4.69) is 16.0 Å². The monoisotopic (exact) mass is 259 g/mol. The van der Waals surface area contributed by atoms with E-state index in [1.807, 2.05) is 24.3 Å². The van der Waals surface area contributed by atoms with E-state index in [0.29, 0.717) is 12.6 Å². The summed E-state index contributed by atoms with van der Waals surface area (Å²) in [5, 5.41) is 8.76. The summed E-state index contributed by atoms with van der Waals surface area (Å²) in [6, 6.07) is 8.10. The van der Waals surface area contributed by atoms with Crippen LogP contribution in [0, 0.1) is 0 Å². The van der Waals surface area contributed by atoms with Crippen molar-refractivity contribution in [1.82, 2.24) is 10.6 Å². The number of rotatable bonds is 4. The zero-order valence-electron chi connectivity index (χ0n) is 10.6. The van der Waals surface area contributed by atoms with E-state index in [0.717, 1.165) is 24.1 Å². The Morgan fingerprint density at radius 1 is 1.26 bits per heavy atom. The molecular weight excluding hydrogens is 242 g/mol. The van der Waals surface area contributed by atoms with Crippen molar-refractivity contribution >= 4 is 17.5 Å². The molecule has 1 atom stereocenters. The van der Waals surface area contributed by atoms with Crippen molar-refractivity contribution in [2.75, 3.05) is 18.4 Å². The highest BCUT2D eigenvalue weighted by Crippen LogP contribution is 2.30. The van der Waals surface area contributed by atoms with E-state index < -0.39 is 0 Å². The SMILES string of the molecule is O=C(CNC(=O)C1CNc2ccccc21)NC1CC1. The highest BCUT2D eigenvalue weighted by atomic mass is 16.2. The first kappa shape index (κ1) is 12.0. The summed E-state index contributed by atoms with van der Waals surface area (Å²) in [7, 11) is 0. The Bertz CT molecular complexity index is 511. The first-order valence-electron chi connectivity index (χ1n) is 6.64. The van der Waals surface area contributed by atoms with Crippen molar-refractivity contribution < 1.29 is 9.59 Å². The van der Waals surface area contributed by atoms with E-state index in [-0.39, 0.29) is 24.3 Å². The maximum Gasteiger partial charge on any atom is 0.239 e. The number of hydrogen-bond acceptors (Lipinski definition) is 3. The van der Waals surface area contributed by atoms with Crippen LogP contribution in [0.3, 0.4) is 0 Å². The van der Waals surface area contributed by atoms with E-state index in [1.54, 1.807) is 0 Å². The average molecular weight is 259 g/mol. The van der Waals surface area contributed by atoms with Gasteiger partial charge in [0.05, 0.1) is 12.5 Å². The molecule has 1 heterocycles. The van der Waals surface area contributed by atoms with Crippen molar-refractivity contribution in [3.63, 3.8) is 0 Å². The van der Waals surface area contributed by atoms with Crippen molar-refractivity contribution in [3.05, 3.63) is 29.8 Å². The molecule has 19 heavy (non-hydrogen) atoms. The van der Waals surface area contributed by atoms with Gasteiger partial charge in [0, 0.05) is 18.3 Å². The van der Waals surface area contributed by atoms with Crippen molar-refractivity contribution in [2.45, 2.75) is 24.8 Å². The molecule has 0 radical (unpaired) electrons. The molecule has 1 fully saturated rings. The third-order valence-electron chi connectivity index (χ3n) is 3.51. The summed E-state index contributed by atoms with van der Waals surface area (Å²) < 4.78 is 0. The summed E-state index contributed by atoms with van der Waals surface area (Å²) in [5.41, 5.74) is 2.01. The first-order chi connectivity index (χ1) is 9.24. The van der Waals surface area contributed by atoms with Crippen LogP contribution in [-0.4, -0.2) is 30.9 Å². The smallest absolute Gasteiger partial charge is 0.239 e. The van der Waals surface area contributed by atoms with Gasteiger partial charge in [-0.2, -0.15) is 0 Å². The van der Waals surface area contributed by atoms with E-state index in [1.165, 1.54) is 0 Å². The van der Waals surface area contributed by atoms with Gasteiger partial charge in [-0.05, 0) is 24.5 Å². The highest BCUT2D eigenvalue weighted by molar-refractivity contribution is 5.91. The van der Waals surface area contributed by atoms with Gasteiger partial charge in [0.25, 0.3) is 0 Å². The lowest BCUT2D eigenvalue weighted by atomic mass is 10.0. The van der Waals surface area contributed by atoms with Crippen LogP contribution < -0.4 is 16.0 Å². The number of fused-ring (bicyclic) bond motifs is 1. The molecule has 1 aliphatic carbocycles. The van der Waals surface area contributed by atoms with Crippen LogP contribution in [0.2, 0.25) is 0 Å². The average Bonchev–Trinajstić information content (AvgIpc) is 3.12. The minimum Gasteiger partial charge on any atom is -0.384 e. The molecule has 2 amide bonds. The Hall–Kier alpha value is -2.04. The first-order valence-corrected chi connectivity index (χ1v) is 6.64. The van der Waals surface area contributed by atoms with Gasteiger partial charge in [0.15, 0.2) is 0 Å². The molecule has 0 aromatic heterocycles. The van der Waals surface area contributed by atoms with Gasteiger partial charge in [-0.15, -0.1) is 0 Å². The zero-order valence-corrected chi connectivity index (χ0v) is 10.6. The summed E-state index contributed by atoms with van der Waals surface area (Å²) >= 11 is 0. The molecule has 3 N–H and O–H groups in total. The Morgan fingerprint density at radius 3 is 2.84 bits per heavy atom. The van der Waals surface area contributed by atoms with Gasteiger partial charge < -0.3 is 16.0 Å². The van der Waals surface area contributed by atoms with Gasteiger partial charge in [0.1, 0.15) is 0 Å². The van der Waals surface area contributed by atoms with Gasteiger partial charge >= 0.3 is 0 Å². The quantitative estimate of drug-likeness (QED) is 0.741. The normalized spacial score (nSPS) is 20.3. The van der Waals surface area contributed by atoms with Crippen LogP contribution >= 0.6 is 0 Å². The Morgan fingerprint density at radius 2 is 2.05 bits per heavy atom. The molecule has 3 rings (SSSR count). The molecule has 0 spiro atoms. The number of hydrogen-bond donors (Lipinski definition) is 3. The molecule has 5 heteroatoms. The lowest BCUT2D eigenvalue weighted by molar-refractivity contribution is -0.126. The number of carbonyl (C=O) groups excluding carboxylic acids is 2. The fourth-order valence-electron chi connectivity index (χ4n) is 2.31. The summed E-state index contributed by atoms with van der Waals surface area (Å²) in [6.07, 6.45) is 2.11. The number of para-hydroxylation sites is 1. The number of benzene rings is 1. The van der Waals surface area contributed by atoms with Gasteiger partial charge in [-0.1, -0.05) is 18.2 Å². The molecule has 0 saturated heterocycles. The van der Waals surface area contributed by atoms with E-state index >= 15 is 0 Å². The van der Waals surface area contributed by atoms with Gasteiger partial charge in [-0.3, -0.25) is 9.59 Å². The molecule has 1 unspecified atom stereocenters. The standard InChI is InChI=1S/C14H17N3O2/c18-13(17-9-5-6-9)8-16-14(19)11-7-15-12-4-2-1-3-10(11)12/h1-4,9,11,15H,5-8H2,(H,16,19)(H,17,18). The van der Waals surface area contributed by atoms with Crippen LogP contribution in [0.1, 0.15) is 24.3 Å². The van der Waals surface area contributed by atoms with Crippen LogP contribution in [0.4, 0.5) is 5.69 Å². The fraction of sp³-hybridized carbons (Fsp3) is 0.429. The molecule has 1 aliphatic heterocycles. The van der Waals surface area contributed by atoms with Gasteiger partial charge in [0.2, 0.25) is 11.8 Å². The van der Waals surface area contributed by atoms with Crippen LogP contribution in [-0.2, 0) is 9.59 Å². The predicted molar refractivity (Wildman–Crippen MR) is 71.8 cm³/mol. The molecule has 0 bridgehead atoms. The lowest BCUT2D eigenvalue weighted by Gasteiger charge is -2.11. The number of nitrogens with one attached hydrogen (secondary N) is 3. The maximum absolute atomic E-state index is 12.1. The van der Waals surface area contributed by atoms with E-state index in [9.17, 15) is 9.59 Å². The molecule has 5 nitrogen and oxygen atoms in total. The summed E-state index contributed by atoms with van der Waals surface area (Å²) in [5.74, 6) is -0.400. The second-order valence-corrected chi connectivity index (χ2v) is 5.08. The molecule has 2 aliphatic rings. The highest BCUT2D eigenvalue weighted by Gasteiger charge is 2.28. The second kappa shape index (κ2) is 4.91. The Labute approximate surface area is 111 Å². The fourth-order valence-corrected chi connectivity index (χ4v) is 2.31.